The van der Waals surface area contributed by atoms with Crippen LogP contribution in [0, 0.1) is 6.92 Å². The molecule has 0 bridgehead atoms. The molecule has 3 nitrogen and oxygen atoms in total. The van der Waals surface area contributed by atoms with Gasteiger partial charge in [0.1, 0.15) is 0 Å². The van der Waals surface area contributed by atoms with Crippen LogP contribution in [-0.4, -0.2) is 9.55 Å². The molecule has 0 unspecified atom stereocenters. The highest BCUT2D eigenvalue weighted by Gasteiger charge is 2.03. The Bertz CT molecular complexity index is 785. The molecular weight excluding hydrogens is 236 g/mol. The first-order chi connectivity index (χ1) is 9.24. The Labute approximate surface area is 111 Å². The van der Waals surface area contributed by atoms with E-state index in [1.807, 2.05) is 49.5 Å². The minimum Gasteiger partial charge on any atom is -0.311 e. The van der Waals surface area contributed by atoms with Crippen molar-refractivity contribution in [3.05, 3.63) is 76.3 Å². The van der Waals surface area contributed by atoms with Gasteiger partial charge in [0.2, 0.25) is 0 Å². The van der Waals surface area contributed by atoms with Gasteiger partial charge in [-0.05, 0) is 36.2 Å². The number of benzene rings is 1. The molecule has 3 heteroatoms. The Hall–Kier alpha value is -2.42. The molecule has 0 aliphatic heterocycles. The van der Waals surface area contributed by atoms with Crippen LogP contribution in [0.4, 0.5) is 0 Å². The van der Waals surface area contributed by atoms with E-state index in [4.69, 9.17) is 0 Å². The Balaban J connectivity index is 2.08. The summed E-state index contributed by atoms with van der Waals surface area (Å²) in [5.41, 5.74) is 3.08. The Kier molecular flexibility index (Phi) is 2.88. The van der Waals surface area contributed by atoms with Crippen molar-refractivity contribution in [3.8, 4) is 0 Å². The highest BCUT2D eigenvalue weighted by atomic mass is 16.1. The Morgan fingerprint density at radius 2 is 2.00 bits per heavy atom. The molecule has 0 spiro atoms. The predicted molar refractivity (Wildman–Crippen MR) is 76.3 cm³/mol. The smallest absolute Gasteiger partial charge is 0.251 e. The van der Waals surface area contributed by atoms with Crippen molar-refractivity contribution in [2.75, 3.05) is 0 Å². The summed E-state index contributed by atoms with van der Waals surface area (Å²) in [7, 11) is 0. The summed E-state index contributed by atoms with van der Waals surface area (Å²) in [6.45, 7) is 2.50. The summed E-state index contributed by atoms with van der Waals surface area (Å²) in [5, 5.41) is 1.09. The number of hydrogen-bond acceptors (Lipinski definition) is 2. The molecule has 19 heavy (non-hydrogen) atoms. The second kappa shape index (κ2) is 4.69. The topological polar surface area (TPSA) is 34.9 Å². The zero-order chi connectivity index (χ0) is 13.2. The van der Waals surface area contributed by atoms with Crippen LogP contribution in [-0.2, 0) is 6.54 Å². The van der Waals surface area contributed by atoms with Gasteiger partial charge in [-0.1, -0.05) is 18.2 Å². The molecule has 0 radical (unpaired) electrons. The van der Waals surface area contributed by atoms with Crippen LogP contribution in [0.2, 0.25) is 0 Å². The van der Waals surface area contributed by atoms with Crippen LogP contribution in [0.25, 0.3) is 10.9 Å². The Morgan fingerprint density at radius 3 is 2.84 bits per heavy atom. The van der Waals surface area contributed by atoms with Gasteiger partial charge in [0, 0.05) is 23.8 Å². The predicted octanol–water partition coefficient (Wildman–Crippen LogP) is 2.75. The third kappa shape index (κ3) is 2.27. The lowest BCUT2D eigenvalue weighted by Gasteiger charge is -2.08. The molecule has 94 valence electrons. The first-order valence-electron chi connectivity index (χ1n) is 6.24. The van der Waals surface area contributed by atoms with E-state index < -0.39 is 0 Å². The van der Waals surface area contributed by atoms with Crippen molar-refractivity contribution in [1.82, 2.24) is 9.55 Å². The number of nitrogens with zero attached hydrogens (tertiary/aromatic N) is 2. The van der Waals surface area contributed by atoms with Crippen molar-refractivity contribution in [2.45, 2.75) is 13.5 Å². The van der Waals surface area contributed by atoms with E-state index in [9.17, 15) is 4.79 Å². The van der Waals surface area contributed by atoms with Gasteiger partial charge >= 0.3 is 0 Å². The standard InChI is InChI=1S/C16H14N2O/c1-12-7-9-18(16(19)10-12)11-13-6-8-17-15-5-3-2-4-14(13)15/h2-10H,11H2,1H3. The highest BCUT2D eigenvalue weighted by Crippen LogP contribution is 2.16. The van der Waals surface area contributed by atoms with Crippen LogP contribution in [0.15, 0.2) is 59.7 Å². The molecule has 0 saturated heterocycles. The van der Waals surface area contributed by atoms with E-state index in [0.29, 0.717) is 6.54 Å². The number of aryl methyl sites for hydroxylation is 1. The molecule has 3 rings (SSSR count). The molecule has 0 aliphatic carbocycles. The number of pyridine rings is 2. The monoisotopic (exact) mass is 250 g/mol. The first-order valence-corrected chi connectivity index (χ1v) is 6.24. The van der Waals surface area contributed by atoms with Gasteiger partial charge in [0.15, 0.2) is 0 Å². The van der Waals surface area contributed by atoms with E-state index in [0.717, 1.165) is 22.0 Å². The average Bonchev–Trinajstić information content (AvgIpc) is 2.42. The van der Waals surface area contributed by atoms with E-state index in [1.54, 1.807) is 16.8 Å². The second-order valence-electron chi connectivity index (χ2n) is 4.66. The molecule has 1 aromatic carbocycles. The van der Waals surface area contributed by atoms with Crippen LogP contribution in [0.5, 0.6) is 0 Å². The maximum atomic E-state index is 11.9. The average molecular weight is 250 g/mol. The lowest BCUT2D eigenvalue weighted by atomic mass is 10.1. The van der Waals surface area contributed by atoms with E-state index in [1.165, 1.54) is 0 Å². The van der Waals surface area contributed by atoms with Gasteiger partial charge in [-0.2, -0.15) is 0 Å². The quantitative estimate of drug-likeness (QED) is 0.701. The summed E-state index contributed by atoms with van der Waals surface area (Å²) in [6.07, 6.45) is 3.63. The minimum absolute atomic E-state index is 0.0286. The van der Waals surface area contributed by atoms with Crippen LogP contribution < -0.4 is 5.56 Å². The van der Waals surface area contributed by atoms with Crippen LogP contribution >= 0.6 is 0 Å². The van der Waals surface area contributed by atoms with Crippen molar-refractivity contribution < 1.29 is 0 Å². The molecule has 0 atom stereocenters. The second-order valence-corrected chi connectivity index (χ2v) is 4.66. The van der Waals surface area contributed by atoms with Crippen LogP contribution in [0.3, 0.4) is 0 Å². The van der Waals surface area contributed by atoms with Gasteiger partial charge in [-0.3, -0.25) is 9.78 Å². The molecule has 0 fully saturated rings. The maximum absolute atomic E-state index is 11.9. The summed E-state index contributed by atoms with van der Waals surface area (Å²) >= 11 is 0. The maximum Gasteiger partial charge on any atom is 0.251 e. The van der Waals surface area contributed by atoms with Gasteiger partial charge in [-0.25, -0.2) is 0 Å². The fourth-order valence-electron chi connectivity index (χ4n) is 2.21. The van der Waals surface area contributed by atoms with E-state index >= 15 is 0 Å². The fourth-order valence-corrected chi connectivity index (χ4v) is 2.21. The number of para-hydroxylation sites is 1. The van der Waals surface area contributed by atoms with E-state index in [2.05, 4.69) is 4.98 Å². The molecule has 0 amide bonds. The number of fused-ring (bicyclic) bond motifs is 1. The van der Waals surface area contributed by atoms with Crippen LogP contribution in [0.1, 0.15) is 11.1 Å². The number of aromatic nitrogens is 2. The fraction of sp³-hybridized carbons (Fsp3) is 0.125. The zero-order valence-electron chi connectivity index (χ0n) is 10.7. The summed E-state index contributed by atoms with van der Waals surface area (Å²) in [6, 6.07) is 13.6. The summed E-state index contributed by atoms with van der Waals surface area (Å²) < 4.78 is 1.72. The number of hydrogen-bond donors (Lipinski definition) is 0. The first kappa shape index (κ1) is 11.7. The third-order valence-corrected chi connectivity index (χ3v) is 3.23. The lowest BCUT2D eigenvalue weighted by molar-refractivity contribution is 0.761. The van der Waals surface area contributed by atoms with Gasteiger partial charge in [-0.15, -0.1) is 0 Å². The summed E-state index contributed by atoms with van der Waals surface area (Å²) in [5.74, 6) is 0. The van der Waals surface area contributed by atoms with Crippen molar-refractivity contribution >= 4 is 10.9 Å². The lowest BCUT2D eigenvalue weighted by Crippen LogP contribution is -2.19. The largest absolute Gasteiger partial charge is 0.311 e. The summed E-state index contributed by atoms with van der Waals surface area (Å²) in [4.78, 5) is 16.3. The van der Waals surface area contributed by atoms with Gasteiger partial charge in [0.25, 0.3) is 5.56 Å². The minimum atomic E-state index is 0.0286. The van der Waals surface area contributed by atoms with Gasteiger partial charge in [0.05, 0.1) is 12.1 Å². The molecule has 2 heterocycles. The molecule has 0 aliphatic rings. The SMILES string of the molecule is Cc1ccn(Cc2ccnc3ccccc23)c(=O)c1. The van der Waals surface area contributed by atoms with Gasteiger partial charge < -0.3 is 4.57 Å². The molecular formula is C16H14N2O. The zero-order valence-corrected chi connectivity index (χ0v) is 10.7. The Morgan fingerprint density at radius 1 is 1.16 bits per heavy atom. The van der Waals surface area contributed by atoms with E-state index in [-0.39, 0.29) is 5.56 Å². The van der Waals surface area contributed by atoms with Crippen molar-refractivity contribution in [1.29, 1.82) is 0 Å². The normalized spacial score (nSPS) is 10.8. The molecule has 2 aromatic heterocycles. The number of rotatable bonds is 2. The molecule has 0 N–H and O–H groups in total. The molecule has 3 aromatic rings. The third-order valence-electron chi connectivity index (χ3n) is 3.23. The highest BCUT2D eigenvalue weighted by molar-refractivity contribution is 5.81. The van der Waals surface area contributed by atoms with Crippen molar-refractivity contribution in [2.24, 2.45) is 0 Å². The van der Waals surface area contributed by atoms with Crippen molar-refractivity contribution in [3.63, 3.8) is 0 Å². The molecule has 0 saturated carbocycles.